The minimum atomic E-state index is 0.0814. The van der Waals surface area contributed by atoms with Crippen molar-refractivity contribution in [2.45, 2.75) is 11.3 Å². The number of thioether (sulfide) groups is 1. The molecular weight excluding hydrogens is 222 g/mol. The number of hydrogen-bond acceptors (Lipinski definition) is 4. The molecule has 4 nitrogen and oxygen atoms in total. The maximum absolute atomic E-state index is 11.4. The smallest absolute Gasteiger partial charge is 0.230 e. The molecule has 0 aliphatic rings. The average molecular weight is 239 g/mol. The van der Waals surface area contributed by atoms with Crippen molar-refractivity contribution in [1.29, 1.82) is 0 Å². The van der Waals surface area contributed by atoms with E-state index < -0.39 is 0 Å². The highest BCUT2D eigenvalue weighted by molar-refractivity contribution is 8.00. The number of nitrogens with zero attached hydrogens (tertiary/aromatic N) is 1. The lowest BCUT2D eigenvalue weighted by atomic mass is 10.4. The monoisotopic (exact) mass is 239 g/mol. The van der Waals surface area contributed by atoms with Crippen LogP contribution in [-0.4, -0.2) is 36.8 Å². The Hall–Kier alpha value is -1.07. The van der Waals surface area contributed by atoms with Gasteiger partial charge in [0.25, 0.3) is 0 Å². The molecule has 0 saturated heterocycles. The second-order valence-electron chi connectivity index (χ2n) is 3.28. The molecule has 0 bridgehead atoms. The fraction of sp³-hybridized carbons (Fsp3) is 0.455. The lowest BCUT2D eigenvalue weighted by molar-refractivity contribution is -0.118. The van der Waals surface area contributed by atoms with Gasteiger partial charge in [-0.05, 0) is 32.1 Å². The first-order chi connectivity index (χ1) is 7.83. The Labute approximate surface area is 100 Å². The molecule has 0 radical (unpaired) electrons. The van der Waals surface area contributed by atoms with Gasteiger partial charge in [-0.15, -0.1) is 11.8 Å². The Morgan fingerprint density at radius 2 is 2.12 bits per heavy atom. The minimum Gasteiger partial charge on any atom is -0.355 e. The minimum absolute atomic E-state index is 0.0814. The Kier molecular flexibility index (Phi) is 6.60. The maximum Gasteiger partial charge on any atom is 0.230 e. The molecule has 1 rings (SSSR count). The molecule has 0 spiro atoms. The van der Waals surface area contributed by atoms with Gasteiger partial charge in [-0.25, -0.2) is 0 Å². The van der Waals surface area contributed by atoms with Gasteiger partial charge in [0, 0.05) is 23.8 Å². The summed E-state index contributed by atoms with van der Waals surface area (Å²) in [4.78, 5) is 16.4. The Balaban J connectivity index is 2.11. The molecular formula is C11H17N3OS. The van der Waals surface area contributed by atoms with E-state index in [-0.39, 0.29) is 5.91 Å². The third kappa shape index (κ3) is 5.72. The SMILES string of the molecule is CNCCCNC(=O)CSc1ccncc1. The zero-order chi connectivity index (χ0) is 11.6. The van der Waals surface area contributed by atoms with Crippen LogP contribution in [0.25, 0.3) is 0 Å². The van der Waals surface area contributed by atoms with E-state index in [1.165, 1.54) is 11.8 Å². The van der Waals surface area contributed by atoms with E-state index in [2.05, 4.69) is 15.6 Å². The summed E-state index contributed by atoms with van der Waals surface area (Å²) in [6.07, 6.45) is 4.42. The summed E-state index contributed by atoms with van der Waals surface area (Å²) in [5, 5.41) is 5.91. The summed E-state index contributed by atoms with van der Waals surface area (Å²) >= 11 is 1.52. The van der Waals surface area contributed by atoms with E-state index in [1.54, 1.807) is 12.4 Å². The zero-order valence-electron chi connectivity index (χ0n) is 9.40. The lowest BCUT2D eigenvalue weighted by Crippen LogP contribution is -2.27. The first-order valence-electron chi connectivity index (χ1n) is 5.27. The van der Waals surface area contributed by atoms with Gasteiger partial charge < -0.3 is 10.6 Å². The van der Waals surface area contributed by atoms with Crippen molar-refractivity contribution in [1.82, 2.24) is 15.6 Å². The second kappa shape index (κ2) is 8.13. The highest BCUT2D eigenvalue weighted by atomic mass is 32.2. The van der Waals surface area contributed by atoms with Crippen LogP contribution in [0.3, 0.4) is 0 Å². The van der Waals surface area contributed by atoms with E-state index in [0.717, 1.165) is 24.4 Å². The van der Waals surface area contributed by atoms with Crippen LogP contribution in [0.1, 0.15) is 6.42 Å². The number of amides is 1. The van der Waals surface area contributed by atoms with Gasteiger partial charge in [0.05, 0.1) is 5.75 Å². The van der Waals surface area contributed by atoms with Crippen molar-refractivity contribution in [3.63, 3.8) is 0 Å². The van der Waals surface area contributed by atoms with Gasteiger partial charge in [-0.1, -0.05) is 0 Å². The first kappa shape index (κ1) is 13.0. The molecule has 0 unspecified atom stereocenters. The van der Waals surface area contributed by atoms with Gasteiger partial charge in [0.1, 0.15) is 0 Å². The topological polar surface area (TPSA) is 54.0 Å². The summed E-state index contributed by atoms with van der Waals surface area (Å²) in [6.45, 7) is 1.66. The van der Waals surface area contributed by atoms with Crippen LogP contribution < -0.4 is 10.6 Å². The predicted octanol–water partition coefficient (Wildman–Crippen LogP) is 0.899. The maximum atomic E-state index is 11.4. The summed E-state index contributed by atoms with van der Waals surface area (Å²) in [7, 11) is 1.90. The van der Waals surface area contributed by atoms with Crippen molar-refractivity contribution >= 4 is 17.7 Å². The highest BCUT2D eigenvalue weighted by Gasteiger charge is 2.01. The number of nitrogens with one attached hydrogen (secondary N) is 2. The van der Waals surface area contributed by atoms with Crippen LogP contribution in [0, 0.1) is 0 Å². The normalized spacial score (nSPS) is 10.1. The van der Waals surface area contributed by atoms with Crippen molar-refractivity contribution in [3.05, 3.63) is 24.5 Å². The average Bonchev–Trinajstić information content (AvgIpc) is 2.33. The number of carbonyl (C=O) groups is 1. The molecule has 88 valence electrons. The largest absolute Gasteiger partial charge is 0.355 e. The van der Waals surface area contributed by atoms with Crippen LogP contribution in [0.2, 0.25) is 0 Å². The van der Waals surface area contributed by atoms with Gasteiger partial charge in [-0.3, -0.25) is 9.78 Å². The molecule has 1 heterocycles. The lowest BCUT2D eigenvalue weighted by Gasteiger charge is -2.04. The number of pyridine rings is 1. The molecule has 1 amide bonds. The number of hydrogen-bond donors (Lipinski definition) is 2. The molecule has 0 saturated carbocycles. The van der Waals surface area contributed by atoms with E-state index in [4.69, 9.17) is 0 Å². The van der Waals surface area contributed by atoms with Crippen LogP contribution in [0.5, 0.6) is 0 Å². The van der Waals surface area contributed by atoms with Crippen LogP contribution in [-0.2, 0) is 4.79 Å². The molecule has 0 atom stereocenters. The summed E-state index contributed by atoms with van der Waals surface area (Å²) in [5.41, 5.74) is 0. The number of rotatable bonds is 7. The van der Waals surface area contributed by atoms with Gasteiger partial charge in [0.15, 0.2) is 0 Å². The molecule has 0 aliphatic heterocycles. The zero-order valence-corrected chi connectivity index (χ0v) is 10.2. The molecule has 16 heavy (non-hydrogen) atoms. The number of carbonyl (C=O) groups excluding carboxylic acids is 1. The van der Waals surface area contributed by atoms with E-state index >= 15 is 0 Å². The summed E-state index contributed by atoms with van der Waals surface area (Å²) in [5.74, 6) is 0.543. The molecule has 1 aromatic rings. The first-order valence-corrected chi connectivity index (χ1v) is 6.25. The third-order valence-corrected chi connectivity index (χ3v) is 2.96. The summed E-state index contributed by atoms with van der Waals surface area (Å²) in [6, 6.07) is 3.80. The molecule has 0 aromatic carbocycles. The third-order valence-electron chi connectivity index (χ3n) is 1.95. The van der Waals surface area contributed by atoms with Gasteiger partial charge in [0.2, 0.25) is 5.91 Å². The molecule has 5 heteroatoms. The molecule has 0 aliphatic carbocycles. The Morgan fingerprint density at radius 3 is 2.81 bits per heavy atom. The van der Waals surface area contributed by atoms with Crippen molar-refractivity contribution in [3.8, 4) is 0 Å². The summed E-state index contributed by atoms with van der Waals surface area (Å²) < 4.78 is 0. The van der Waals surface area contributed by atoms with E-state index in [1.807, 2.05) is 19.2 Å². The van der Waals surface area contributed by atoms with Gasteiger partial charge >= 0.3 is 0 Å². The fourth-order valence-corrected chi connectivity index (χ4v) is 1.84. The molecule has 1 aromatic heterocycles. The molecule has 2 N–H and O–H groups in total. The van der Waals surface area contributed by atoms with Crippen molar-refractivity contribution in [2.75, 3.05) is 25.9 Å². The standard InChI is InChI=1S/C11H17N3OS/c1-12-5-2-6-14-11(15)9-16-10-3-7-13-8-4-10/h3-4,7-8,12H,2,5-6,9H2,1H3,(H,14,15). The second-order valence-corrected chi connectivity index (χ2v) is 4.33. The van der Waals surface area contributed by atoms with E-state index in [9.17, 15) is 4.79 Å². The van der Waals surface area contributed by atoms with Crippen LogP contribution in [0.4, 0.5) is 0 Å². The number of aromatic nitrogens is 1. The van der Waals surface area contributed by atoms with Crippen molar-refractivity contribution in [2.24, 2.45) is 0 Å². The Bertz CT molecular complexity index is 305. The quantitative estimate of drug-likeness (QED) is 0.548. The molecule has 0 fully saturated rings. The van der Waals surface area contributed by atoms with Crippen LogP contribution in [0.15, 0.2) is 29.4 Å². The van der Waals surface area contributed by atoms with Gasteiger partial charge in [-0.2, -0.15) is 0 Å². The highest BCUT2D eigenvalue weighted by Crippen LogP contribution is 2.15. The predicted molar refractivity (Wildman–Crippen MR) is 66.5 cm³/mol. The fourth-order valence-electron chi connectivity index (χ4n) is 1.13. The Morgan fingerprint density at radius 1 is 1.38 bits per heavy atom. The van der Waals surface area contributed by atoms with Crippen LogP contribution >= 0.6 is 11.8 Å². The van der Waals surface area contributed by atoms with Crippen molar-refractivity contribution < 1.29 is 4.79 Å². The van der Waals surface area contributed by atoms with E-state index in [0.29, 0.717) is 5.75 Å².